The number of carbonyl (C=O) groups is 1. The molecule has 6 heteroatoms. The fourth-order valence-electron chi connectivity index (χ4n) is 2.10. The number of hydrogen-bond acceptors (Lipinski definition) is 3. The molecule has 0 bridgehead atoms. The average molecular weight is 334 g/mol. The molecule has 24 heavy (non-hydrogen) atoms. The number of nitrogens with zero attached hydrogens (tertiary/aromatic N) is 2. The smallest absolute Gasteiger partial charge is 0.410 e. The zero-order valence-electron chi connectivity index (χ0n) is 15.6. The van der Waals surface area contributed by atoms with Crippen LogP contribution in [-0.4, -0.2) is 42.7 Å². The predicted molar refractivity (Wildman–Crippen MR) is 99.3 cm³/mol. The van der Waals surface area contributed by atoms with Gasteiger partial charge in [0.15, 0.2) is 5.96 Å². The van der Waals surface area contributed by atoms with Gasteiger partial charge in [-0.25, -0.2) is 4.79 Å². The monoisotopic (exact) mass is 334 g/mol. The van der Waals surface area contributed by atoms with Crippen LogP contribution < -0.4 is 11.1 Å². The molecule has 134 valence electrons. The molecule has 0 saturated heterocycles. The number of nitrogens with one attached hydrogen (secondary N) is 1. The van der Waals surface area contributed by atoms with Gasteiger partial charge in [0.2, 0.25) is 0 Å². The number of aryl methyl sites for hydroxylation is 1. The molecule has 1 atom stereocenters. The fourth-order valence-corrected chi connectivity index (χ4v) is 2.10. The Morgan fingerprint density at radius 2 is 2.08 bits per heavy atom. The van der Waals surface area contributed by atoms with Gasteiger partial charge in [0.25, 0.3) is 0 Å². The van der Waals surface area contributed by atoms with Crippen molar-refractivity contribution in [3.8, 4) is 0 Å². The predicted octanol–water partition coefficient (Wildman–Crippen LogP) is 3.22. The Morgan fingerprint density at radius 3 is 2.67 bits per heavy atom. The van der Waals surface area contributed by atoms with Gasteiger partial charge in [0.05, 0.1) is 0 Å². The van der Waals surface area contributed by atoms with Gasteiger partial charge in [-0.1, -0.05) is 19.1 Å². The molecule has 0 aliphatic heterocycles. The second kappa shape index (κ2) is 8.57. The zero-order chi connectivity index (χ0) is 18.3. The van der Waals surface area contributed by atoms with Crippen molar-refractivity contribution >= 4 is 17.7 Å². The number of amides is 1. The number of aliphatic imine (C=N–C) groups is 1. The van der Waals surface area contributed by atoms with E-state index >= 15 is 0 Å². The minimum absolute atomic E-state index is 0.167. The van der Waals surface area contributed by atoms with E-state index in [1.807, 2.05) is 58.9 Å². The summed E-state index contributed by atoms with van der Waals surface area (Å²) in [6.45, 7) is 10.7. The molecule has 3 N–H and O–H groups in total. The van der Waals surface area contributed by atoms with Gasteiger partial charge in [0.1, 0.15) is 5.60 Å². The number of guanidine groups is 1. The molecule has 1 aromatic carbocycles. The highest BCUT2D eigenvalue weighted by atomic mass is 16.6. The topological polar surface area (TPSA) is 80.0 Å². The third-order valence-corrected chi connectivity index (χ3v) is 3.15. The lowest BCUT2D eigenvalue weighted by molar-refractivity contribution is 0.0279. The number of ether oxygens (including phenoxy) is 1. The highest BCUT2D eigenvalue weighted by molar-refractivity contribution is 5.92. The lowest BCUT2D eigenvalue weighted by atomic mass is 10.2. The molecule has 0 aliphatic carbocycles. The number of benzene rings is 1. The van der Waals surface area contributed by atoms with Gasteiger partial charge in [-0.15, -0.1) is 0 Å². The first-order valence-corrected chi connectivity index (χ1v) is 8.14. The van der Waals surface area contributed by atoms with Crippen LogP contribution in [0.5, 0.6) is 0 Å². The normalized spacial score (nSPS) is 13.3. The van der Waals surface area contributed by atoms with E-state index in [-0.39, 0.29) is 12.0 Å². The molecule has 0 radical (unpaired) electrons. The molecule has 1 unspecified atom stereocenters. The Balaban J connectivity index is 2.46. The Bertz CT molecular complexity index is 579. The van der Waals surface area contributed by atoms with Crippen LogP contribution >= 0.6 is 0 Å². The van der Waals surface area contributed by atoms with Crippen molar-refractivity contribution < 1.29 is 9.53 Å². The molecule has 1 aromatic rings. The Morgan fingerprint density at radius 1 is 1.42 bits per heavy atom. The summed E-state index contributed by atoms with van der Waals surface area (Å²) in [5, 5.41) is 3.07. The van der Waals surface area contributed by atoms with E-state index < -0.39 is 5.60 Å². The lowest BCUT2D eigenvalue weighted by Crippen LogP contribution is -2.37. The second-order valence-electron chi connectivity index (χ2n) is 7.19. The highest BCUT2D eigenvalue weighted by Gasteiger charge is 2.20. The first-order valence-electron chi connectivity index (χ1n) is 8.14. The number of anilines is 1. The average Bonchev–Trinajstić information content (AvgIpc) is 2.43. The molecule has 0 heterocycles. The van der Waals surface area contributed by atoms with Crippen molar-refractivity contribution in [2.75, 3.05) is 25.5 Å². The van der Waals surface area contributed by atoms with Crippen LogP contribution in [0, 0.1) is 12.8 Å². The maximum atomic E-state index is 11.9. The number of carbonyl (C=O) groups excluding carboxylic acids is 1. The van der Waals surface area contributed by atoms with E-state index in [9.17, 15) is 4.79 Å². The van der Waals surface area contributed by atoms with Crippen molar-refractivity contribution in [2.45, 2.75) is 40.2 Å². The lowest BCUT2D eigenvalue weighted by Gasteiger charge is -2.26. The van der Waals surface area contributed by atoms with Crippen molar-refractivity contribution in [1.82, 2.24) is 4.90 Å². The van der Waals surface area contributed by atoms with Gasteiger partial charge in [-0.2, -0.15) is 0 Å². The van der Waals surface area contributed by atoms with Gasteiger partial charge < -0.3 is 20.7 Å². The summed E-state index contributed by atoms with van der Waals surface area (Å²) in [5.74, 6) is 0.535. The van der Waals surface area contributed by atoms with Crippen LogP contribution in [0.25, 0.3) is 0 Å². The van der Waals surface area contributed by atoms with Crippen molar-refractivity contribution in [2.24, 2.45) is 16.6 Å². The minimum Gasteiger partial charge on any atom is -0.444 e. The van der Waals surface area contributed by atoms with Crippen molar-refractivity contribution in [1.29, 1.82) is 0 Å². The van der Waals surface area contributed by atoms with E-state index in [1.165, 1.54) is 0 Å². The van der Waals surface area contributed by atoms with Crippen molar-refractivity contribution in [3.05, 3.63) is 29.8 Å². The zero-order valence-corrected chi connectivity index (χ0v) is 15.6. The first-order chi connectivity index (χ1) is 11.1. The minimum atomic E-state index is -0.491. The number of nitrogens with two attached hydrogens (primary N) is 1. The molecule has 1 amide bonds. The SMILES string of the molecule is Cc1cccc(NC(N)=NCC(C)CN(C)C(=O)OC(C)(C)C)c1. The second-order valence-corrected chi connectivity index (χ2v) is 7.19. The summed E-state index contributed by atoms with van der Waals surface area (Å²) in [7, 11) is 1.72. The summed E-state index contributed by atoms with van der Waals surface area (Å²) >= 11 is 0. The van der Waals surface area contributed by atoms with Crippen LogP contribution in [0.1, 0.15) is 33.3 Å². The highest BCUT2D eigenvalue weighted by Crippen LogP contribution is 2.11. The molecule has 0 saturated carbocycles. The molecular formula is C18H30N4O2. The van der Waals surface area contributed by atoms with E-state index in [2.05, 4.69) is 10.3 Å². The molecule has 0 spiro atoms. The van der Waals surface area contributed by atoms with Gasteiger partial charge in [-0.3, -0.25) is 4.99 Å². The Kier molecular flexibility index (Phi) is 7.07. The Labute approximate surface area is 145 Å². The van der Waals surface area contributed by atoms with E-state index in [0.29, 0.717) is 19.0 Å². The third kappa shape index (κ3) is 7.85. The van der Waals surface area contributed by atoms with E-state index in [4.69, 9.17) is 10.5 Å². The summed E-state index contributed by atoms with van der Waals surface area (Å²) in [6, 6.07) is 7.92. The standard InChI is InChI=1S/C18H30N4O2/c1-13-8-7-9-15(10-13)21-16(19)20-11-14(2)12-22(6)17(23)24-18(3,4)5/h7-10,14H,11-12H2,1-6H3,(H3,19,20,21). The van der Waals surface area contributed by atoms with E-state index in [1.54, 1.807) is 11.9 Å². The van der Waals surface area contributed by atoms with Gasteiger partial charge in [0, 0.05) is 25.8 Å². The quantitative estimate of drug-likeness (QED) is 0.640. The molecular weight excluding hydrogens is 304 g/mol. The van der Waals surface area contributed by atoms with E-state index in [0.717, 1.165) is 11.3 Å². The van der Waals surface area contributed by atoms with Crippen molar-refractivity contribution in [3.63, 3.8) is 0 Å². The largest absolute Gasteiger partial charge is 0.444 e. The number of hydrogen-bond donors (Lipinski definition) is 2. The maximum absolute atomic E-state index is 11.9. The van der Waals surface area contributed by atoms with Crippen LogP contribution in [-0.2, 0) is 4.74 Å². The third-order valence-electron chi connectivity index (χ3n) is 3.15. The molecule has 0 aromatic heterocycles. The summed E-state index contributed by atoms with van der Waals surface area (Å²) in [5.41, 5.74) is 7.49. The molecule has 1 rings (SSSR count). The number of rotatable bonds is 5. The van der Waals surface area contributed by atoms with Crippen LogP contribution in [0.4, 0.5) is 10.5 Å². The van der Waals surface area contributed by atoms with Gasteiger partial charge in [-0.05, 0) is 51.3 Å². The Hall–Kier alpha value is -2.24. The molecule has 6 nitrogen and oxygen atoms in total. The van der Waals surface area contributed by atoms with Crippen LogP contribution in [0.15, 0.2) is 29.3 Å². The fraction of sp³-hybridized carbons (Fsp3) is 0.556. The summed E-state index contributed by atoms with van der Waals surface area (Å²) in [4.78, 5) is 17.8. The maximum Gasteiger partial charge on any atom is 0.410 e. The molecule has 0 fully saturated rings. The van der Waals surface area contributed by atoms with Crippen LogP contribution in [0.2, 0.25) is 0 Å². The summed E-state index contributed by atoms with van der Waals surface area (Å²) in [6.07, 6.45) is -0.329. The summed E-state index contributed by atoms with van der Waals surface area (Å²) < 4.78 is 5.33. The van der Waals surface area contributed by atoms with Gasteiger partial charge >= 0.3 is 6.09 Å². The van der Waals surface area contributed by atoms with Crippen LogP contribution in [0.3, 0.4) is 0 Å². The molecule has 0 aliphatic rings. The first kappa shape index (κ1) is 19.8.